The third kappa shape index (κ3) is 3.22. The van der Waals surface area contributed by atoms with Crippen molar-refractivity contribution in [1.82, 2.24) is 9.97 Å². The average molecular weight is 257 g/mol. The van der Waals surface area contributed by atoms with E-state index in [9.17, 15) is 0 Å². The maximum absolute atomic E-state index is 5.16. The van der Waals surface area contributed by atoms with Crippen LogP contribution in [0.1, 0.15) is 19.5 Å². The molecule has 2 rings (SSSR count). The minimum absolute atomic E-state index is 0.748. The van der Waals surface area contributed by atoms with Crippen LogP contribution in [0.15, 0.2) is 30.3 Å². The lowest BCUT2D eigenvalue weighted by atomic mass is 10.2. The summed E-state index contributed by atoms with van der Waals surface area (Å²) in [6, 6.07) is 9.79. The van der Waals surface area contributed by atoms with Crippen LogP contribution in [0.4, 0.5) is 5.82 Å². The molecule has 0 saturated carbocycles. The monoisotopic (exact) mass is 257 g/mol. The van der Waals surface area contributed by atoms with E-state index < -0.39 is 0 Å². The maximum Gasteiger partial charge on any atom is 0.161 e. The highest BCUT2D eigenvalue weighted by atomic mass is 16.5. The van der Waals surface area contributed by atoms with E-state index in [1.54, 1.807) is 7.11 Å². The van der Waals surface area contributed by atoms with Crippen molar-refractivity contribution in [3.63, 3.8) is 0 Å². The lowest BCUT2D eigenvalue weighted by molar-refractivity contribution is 0.415. The summed E-state index contributed by atoms with van der Waals surface area (Å²) in [7, 11) is 1.66. The second-order valence-electron chi connectivity index (χ2n) is 4.18. The van der Waals surface area contributed by atoms with Gasteiger partial charge in [-0.05, 0) is 37.6 Å². The molecule has 19 heavy (non-hydrogen) atoms. The van der Waals surface area contributed by atoms with Gasteiger partial charge in [0.05, 0.1) is 7.11 Å². The number of rotatable bonds is 5. The van der Waals surface area contributed by atoms with Crippen LogP contribution >= 0.6 is 0 Å². The maximum atomic E-state index is 5.16. The molecule has 1 heterocycles. The normalized spacial score (nSPS) is 10.3. The van der Waals surface area contributed by atoms with Gasteiger partial charge >= 0.3 is 0 Å². The van der Waals surface area contributed by atoms with Crippen molar-refractivity contribution in [2.45, 2.75) is 20.3 Å². The molecule has 0 amide bonds. The van der Waals surface area contributed by atoms with Crippen molar-refractivity contribution < 1.29 is 4.74 Å². The summed E-state index contributed by atoms with van der Waals surface area (Å²) in [5.74, 6) is 2.46. The van der Waals surface area contributed by atoms with Gasteiger partial charge in [-0.1, -0.05) is 6.92 Å². The molecule has 0 spiro atoms. The molecule has 0 aliphatic carbocycles. The Labute approximate surface area is 113 Å². The number of nitrogens with one attached hydrogen (secondary N) is 1. The number of aryl methyl sites for hydroxylation is 1. The summed E-state index contributed by atoms with van der Waals surface area (Å²) in [6.45, 7) is 5.00. The van der Waals surface area contributed by atoms with E-state index in [0.29, 0.717) is 0 Å². The Bertz CT molecular complexity index is 538. The van der Waals surface area contributed by atoms with Gasteiger partial charge in [0.1, 0.15) is 11.6 Å². The van der Waals surface area contributed by atoms with Crippen LogP contribution in [-0.2, 0) is 6.42 Å². The topological polar surface area (TPSA) is 47.0 Å². The lowest BCUT2D eigenvalue weighted by Gasteiger charge is -2.08. The van der Waals surface area contributed by atoms with Gasteiger partial charge in [0, 0.05) is 23.9 Å². The Hall–Kier alpha value is -2.10. The van der Waals surface area contributed by atoms with Gasteiger partial charge in [0.15, 0.2) is 5.82 Å². The summed E-state index contributed by atoms with van der Waals surface area (Å²) < 4.78 is 5.16. The van der Waals surface area contributed by atoms with E-state index in [1.165, 1.54) is 0 Å². The summed E-state index contributed by atoms with van der Waals surface area (Å²) >= 11 is 0. The third-order valence-corrected chi connectivity index (χ3v) is 2.85. The molecule has 100 valence electrons. The summed E-state index contributed by atoms with van der Waals surface area (Å²) in [4.78, 5) is 9.10. The van der Waals surface area contributed by atoms with Crippen LogP contribution in [-0.4, -0.2) is 23.6 Å². The van der Waals surface area contributed by atoms with Crippen molar-refractivity contribution in [1.29, 1.82) is 0 Å². The van der Waals surface area contributed by atoms with E-state index in [2.05, 4.69) is 29.1 Å². The van der Waals surface area contributed by atoms with Crippen LogP contribution in [0, 0.1) is 0 Å². The van der Waals surface area contributed by atoms with Gasteiger partial charge in [-0.15, -0.1) is 0 Å². The number of aromatic nitrogens is 2. The SMILES string of the molecule is CCNc1cc(CC)nc(-c2ccc(OC)cc2)n1. The van der Waals surface area contributed by atoms with Crippen molar-refractivity contribution in [2.75, 3.05) is 19.0 Å². The minimum atomic E-state index is 0.748. The summed E-state index contributed by atoms with van der Waals surface area (Å²) in [5.41, 5.74) is 2.03. The highest BCUT2D eigenvalue weighted by Crippen LogP contribution is 2.21. The van der Waals surface area contributed by atoms with Crippen LogP contribution < -0.4 is 10.1 Å². The predicted molar refractivity (Wildman–Crippen MR) is 77.6 cm³/mol. The van der Waals surface area contributed by atoms with Gasteiger partial charge in [-0.2, -0.15) is 0 Å². The van der Waals surface area contributed by atoms with E-state index >= 15 is 0 Å². The first kappa shape index (κ1) is 13.3. The zero-order valence-corrected chi connectivity index (χ0v) is 11.6. The Kier molecular flexibility index (Phi) is 4.34. The molecule has 0 aliphatic heterocycles. The zero-order valence-electron chi connectivity index (χ0n) is 11.6. The zero-order chi connectivity index (χ0) is 13.7. The first-order valence-corrected chi connectivity index (χ1v) is 6.53. The number of hydrogen-bond donors (Lipinski definition) is 1. The van der Waals surface area contributed by atoms with Crippen molar-refractivity contribution >= 4 is 5.82 Å². The predicted octanol–water partition coefficient (Wildman–Crippen LogP) is 3.15. The van der Waals surface area contributed by atoms with E-state index in [-0.39, 0.29) is 0 Å². The Morgan fingerprint density at radius 2 is 1.84 bits per heavy atom. The van der Waals surface area contributed by atoms with Crippen LogP contribution in [0.5, 0.6) is 5.75 Å². The lowest BCUT2D eigenvalue weighted by Crippen LogP contribution is -2.03. The second kappa shape index (κ2) is 6.18. The number of methoxy groups -OCH3 is 1. The molecule has 4 nitrogen and oxygen atoms in total. The first-order chi connectivity index (χ1) is 9.26. The van der Waals surface area contributed by atoms with E-state index in [4.69, 9.17) is 4.74 Å². The molecule has 1 aromatic heterocycles. The molecule has 0 unspecified atom stereocenters. The number of hydrogen-bond acceptors (Lipinski definition) is 4. The van der Waals surface area contributed by atoms with Crippen LogP contribution in [0.3, 0.4) is 0 Å². The van der Waals surface area contributed by atoms with Crippen LogP contribution in [0.25, 0.3) is 11.4 Å². The standard InChI is InChI=1S/C15H19N3O/c1-4-12-10-14(16-5-2)18-15(17-12)11-6-8-13(19-3)9-7-11/h6-10H,4-5H2,1-3H3,(H,16,17,18). The Balaban J connectivity index is 2.38. The average Bonchev–Trinajstić information content (AvgIpc) is 2.47. The molecule has 1 N–H and O–H groups in total. The highest BCUT2D eigenvalue weighted by molar-refractivity contribution is 5.58. The third-order valence-electron chi connectivity index (χ3n) is 2.85. The van der Waals surface area contributed by atoms with Gasteiger partial charge in [-0.3, -0.25) is 0 Å². The smallest absolute Gasteiger partial charge is 0.161 e. The van der Waals surface area contributed by atoms with E-state index in [0.717, 1.165) is 41.6 Å². The number of nitrogens with zero attached hydrogens (tertiary/aromatic N) is 2. The van der Waals surface area contributed by atoms with Gasteiger partial charge in [0.25, 0.3) is 0 Å². The molecular weight excluding hydrogens is 238 g/mol. The molecule has 0 bridgehead atoms. The van der Waals surface area contributed by atoms with Crippen LogP contribution in [0.2, 0.25) is 0 Å². The molecule has 1 aromatic carbocycles. The van der Waals surface area contributed by atoms with Crippen molar-refractivity contribution in [3.05, 3.63) is 36.0 Å². The second-order valence-corrected chi connectivity index (χ2v) is 4.18. The molecular formula is C15H19N3O. The minimum Gasteiger partial charge on any atom is -0.497 e. The van der Waals surface area contributed by atoms with Crippen molar-refractivity contribution in [2.24, 2.45) is 0 Å². The highest BCUT2D eigenvalue weighted by Gasteiger charge is 2.06. The molecule has 4 heteroatoms. The van der Waals surface area contributed by atoms with Gasteiger partial charge in [0.2, 0.25) is 0 Å². The number of ether oxygens (including phenoxy) is 1. The Morgan fingerprint density at radius 1 is 1.11 bits per heavy atom. The number of benzene rings is 1. The quantitative estimate of drug-likeness (QED) is 0.893. The molecule has 0 aliphatic rings. The molecule has 0 radical (unpaired) electrons. The van der Waals surface area contributed by atoms with E-state index in [1.807, 2.05) is 30.3 Å². The van der Waals surface area contributed by atoms with Gasteiger partial charge in [-0.25, -0.2) is 9.97 Å². The first-order valence-electron chi connectivity index (χ1n) is 6.53. The largest absolute Gasteiger partial charge is 0.497 e. The fraction of sp³-hybridized carbons (Fsp3) is 0.333. The van der Waals surface area contributed by atoms with Crippen molar-refractivity contribution in [3.8, 4) is 17.1 Å². The Morgan fingerprint density at radius 3 is 2.42 bits per heavy atom. The summed E-state index contributed by atoms with van der Waals surface area (Å²) in [6.07, 6.45) is 0.893. The number of anilines is 1. The molecule has 0 fully saturated rings. The fourth-order valence-electron chi connectivity index (χ4n) is 1.82. The molecule has 0 atom stereocenters. The molecule has 2 aromatic rings. The fourth-order valence-corrected chi connectivity index (χ4v) is 1.82. The summed E-state index contributed by atoms with van der Waals surface area (Å²) in [5, 5.41) is 3.24. The molecule has 0 saturated heterocycles. The van der Waals surface area contributed by atoms with Gasteiger partial charge < -0.3 is 10.1 Å².